The Balaban J connectivity index is 3.35. The van der Waals surface area contributed by atoms with E-state index in [2.05, 4.69) is 0 Å². The van der Waals surface area contributed by atoms with Crippen LogP contribution >= 0.6 is 10.7 Å². The van der Waals surface area contributed by atoms with E-state index in [0.29, 0.717) is 5.75 Å². The highest BCUT2D eigenvalue weighted by molar-refractivity contribution is 8.13. The lowest BCUT2D eigenvalue weighted by Gasteiger charge is -2.10. The molecule has 0 atom stereocenters. The van der Waals surface area contributed by atoms with Gasteiger partial charge >= 0.3 is 0 Å². The van der Waals surface area contributed by atoms with Crippen molar-refractivity contribution in [1.29, 1.82) is 0 Å². The van der Waals surface area contributed by atoms with Crippen LogP contribution < -0.4 is 4.74 Å². The Labute approximate surface area is 94.4 Å². The van der Waals surface area contributed by atoms with Gasteiger partial charge in [0.15, 0.2) is 0 Å². The topological polar surface area (TPSA) is 43.4 Å². The molecule has 0 unspecified atom stereocenters. The van der Waals surface area contributed by atoms with Gasteiger partial charge in [-0.3, -0.25) is 0 Å². The lowest BCUT2D eigenvalue weighted by molar-refractivity contribution is 0.397. The number of aryl methyl sites for hydroxylation is 1. The van der Waals surface area contributed by atoms with Crippen molar-refractivity contribution in [3.8, 4) is 5.75 Å². The molecular weight excluding hydrogens is 236 g/mol. The molecule has 5 heteroatoms. The highest BCUT2D eigenvalue weighted by Gasteiger charge is 2.18. The van der Waals surface area contributed by atoms with Gasteiger partial charge in [0.25, 0.3) is 9.05 Å². The zero-order valence-electron chi connectivity index (χ0n) is 8.66. The monoisotopic (exact) mass is 248 g/mol. The van der Waals surface area contributed by atoms with Gasteiger partial charge < -0.3 is 4.74 Å². The minimum Gasteiger partial charge on any atom is -0.495 e. The van der Waals surface area contributed by atoms with Crippen molar-refractivity contribution in [1.82, 2.24) is 0 Å². The maximum absolute atomic E-state index is 11.3. The fourth-order valence-corrected chi connectivity index (χ4v) is 2.49. The van der Waals surface area contributed by atoms with Crippen LogP contribution in [-0.2, 0) is 15.5 Å². The summed E-state index contributed by atoms with van der Waals surface area (Å²) in [5, 5.41) is 0. The molecule has 0 spiro atoms. The highest BCUT2D eigenvalue weighted by Crippen LogP contribution is 2.30. The largest absolute Gasteiger partial charge is 0.495 e. The Kier molecular flexibility index (Phi) is 3.99. The van der Waals surface area contributed by atoms with E-state index in [-0.39, 0.29) is 4.90 Å². The molecule has 3 nitrogen and oxygen atoms in total. The van der Waals surface area contributed by atoms with Gasteiger partial charge in [-0.15, -0.1) is 0 Å². The van der Waals surface area contributed by atoms with Gasteiger partial charge in [0, 0.05) is 10.7 Å². The number of para-hydroxylation sites is 1. The summed E-state index contributed by atoms with van der Waals surface area (Å²) in [6.45, 7) is 2.02. The van der Waals surface area contributed by atoms with E-state index in [1.165, 1.54) is 13.2 Å². The molecular formula is C10H13ClO3S. The fraction of sp³-hybridized carbons (Fsp3) is 0.400. The molecule has 84 valence electrons. The van der Waals surface area contributed by atoms with Crippen molar-refractivity contribution in [2.45, 2.75) is 24.7 Å². The van der Waals surface area contributed by atoms with E-state index in [4.69, 9.17) is 15.4 Å². The van der Waals surface area contributed by atoms with Gasteiger partial charge in [-0.2, -0.15) is 0 Å². The van der Waals surface area contributed by atoms with Crippen molar-refractivity contribution in [3.63, 3.8) is 0 Å². The average Bonchev–Trinajstić information content (AvgIpc) is 2.16. The molecule has 0 aromatic heterocycles. The zero-order valence-corrected chi connectivity index (χ0v) is 10.2. The van der Waals surface area contributed by atoms with Crippen molar-refractivity contribution in [2.24, 2.45) is 0 Å². The average molecular weight is 249 g/mol. The van der Waals surface area contributed by atoms with E-state index in [1.807, 2.05) is 13.0 Å². The molecule has 0 saturated carbocycles. The minimum atomic E-state index is -3.74. The molecule has 0 amide bonds. The number of hydrogen-bond acceptors (Lipinski definition) is 3. The second-order valence-corrected chi connectivity index (χ2v) is 5.67. The first kappa shape index (κ1) is 12.3. The van der Waals surface area contributed by atoms with E-state index < -0.39 is 9.05 Å². The van der Waals surface area contributed by atoms with Gasteiger partial charge in [0.05, 0.1) is 7.11 Å². The van der Waals surface area contributed by atoms with Crippen molar-refractivity contribution in [2.75, 3.05) is 7.11 Å². The number of methoxy groups -OCH3 is 1. The van der Waals surface area contributed by atoms with Crippen LogP contribution in [0.2, 0.25) is 0 Å². The summed E-state index contributed by atoms with van der Waals surface area (Å²) in [6, 6.07) is 4.96. The molecule has 0 saturated heterocycles. The molecule has 1 aromatic carbocycles. The lowest BCUT2D eigenvalue weighted by atomic mass is 10.1. The molecule has 0 N–H and O–H groups in total. The van der Waals surface area contributed by atoms with Crippen LogP contribution in [0.15, 0.2) is 23.1 Å². The Hall–Kier alpha value is -0.740. The number of benzene rings is 1. The molecule has 0 radical (unpaired) electrons. The quantitative estimate of drug-likeness (QED) is 0.770. The van der Waals surface area contributed by atoms with Crippen molar-refractivity contribution >= 4 is 19.7 Å². The van der Waals surface area contributed by atoms with E-state index in [9.17, 15) is 8.42 Å². The lowest BCUT2D eigenvalue weighted by Crippen LogP contribution is -2.00. The standard InChI is InChI=1S/C10H13ClO3S/c1-3-5-8-6-4-7-9(10(8)14-2)15(11,12)13/h4,6-7H,3,5H2,1-2H3. The molecule has 1 aromatic rings. The maximum atomic E-state index is 11.3. The van der Waals surface area contributed by atoms with Crippen LogP contribution in [0.1, 0.15) is 18.9 Å². The number of rotatable bonds is 4. The van der Waals surface area contributed by atoms with Gasteiger partial charge in [-0.1, -0.05) is 25.5 Å². The summed E-state index contributed by atoms with van der Waals surface area (Å²) in [7, 11) is 3.01. The molecule has 0 bridgehead atoms. The summed E-state index contributed by atoms with van der Waals surface area (Å²) < 4.78 is 27.6. The molecule has 0 aliphatic heterocycles. The second kappa shape index (κ2) is 4.86. The third kappa shape index (κ3) is 2.86. The predicted octanol–water partition coefficient (Wildman–Crippen LogP) is 2.58. The van der Waals surface area contributed by atoms with Crippen LogP contribution in [0.4, 0.5) is 0 Å². The molecule has 1 rings (SSSR count). The van der Waals surface area contributed by atoms with Gasteiger partial charge in [0.2, 0.25) is 0 Å². The smallest absolute Gasteiger partial charge is 0.264 e. The highest BCUT2D eigenvalue weighted by atomic mass is 35.7. The van der Waals surface area contributed by atoms with Crippen LogP contribution in [0, 0.1) is 0 Å². The summed E-state index contributed by atoms with van der Waals surface area (Å²) in [5.41, 5.74) is 0.863. The third-order valence-corrected chi connectivity index (χ3v) is 3.39. The Morgan fingerprint density at radius 2 is 2.07 bits per heavy atom. The van der Waals surface area contributed by atoms with Gasteiger partial charge in [-0.25, -0.2) is 8.42 Å². The predicted molar refractivity (Wildman–Crippen MR) is 60.0 cm³/mol. The molecule has 15 heavy (non-hydrogen) atoms. The third-order valence-electron chi connectivity index (χ3n) is 2.05. The number of ether oxygens (including phenoxy) is 1. The van der Waals surface area contributed by atoms with Crippen molar-refractivity contribution < 1.29 is 13.2 Å². The normalized spacial score (nSPS) is 11.4. The van der Waals surface area contributed by atoms with Gasteiger partial charge in [0.1, 0.15) is 10.6 Å². The summed E-state index contributed by atoms with van der Waals surface area (Å²) >= 11 is 0. The molecule has 0 heterocycles. The summed E-state index contributed by atoms with van der Waals surface area (Å²) in [6.07, 6.45) is 1.69. The molecule has 0 fully saturated rings. The Morgan fingerprint density at radius 3 is 2.53 bits per heavy atom. The Bertz CT molecular complexity index is 440. The van der Waals surface area contributed by atoms with E-state index in [0.717, 1.165) is 18.4 Å². The number of hydrogen-bond donors (Lipinski definition) is 0. The molecule has 0 aliphatic carbocycles. The first-order valence-corrected chi connectivity index (χ1v) is 6.92. The first-order chi connectivity index (χ1) is 7.00. The summed E-state index contributed by atoms with van der Waals surface area (Å²) in [5.74, 6) is 0.356. The SMILES string of the molecule is CCCc1cccc(S(=O)(=O)Cl)c1OC. The summed E-state index contributed by atoms with van der Waals surface area (Å²) in [4.78, 5) is 0.0395. The minimum absolute atomic E-state index is 0.0395. The van der Waals surface area contributed by atoms with E-state index in [1.54, 1.807) is 6.07 Å². The van der Waals surface area contributed by atoms with Gasteiger partial charge in [-0.05, 0) is 18.1 Å². The van der Waals surface area contributed by atoms with Crippen molar-refractivity contribution in [3.05, 3.63) is 23.8 Å². The van der Waals surface area contributed by atoms with Crippen LogP contribution in [0.25, 0.3) is 0 Å². The van der Waals surface area contributed by atoms with E-state index >= 15 is 0 Å². The zero-order chi connectivity index (χ0) is 11.5. The Morgan fingerprint density at radius 1 is 1.40 bits per heavy atom. The van der Waals surface area contributed by atoms with Crippen LogP contribution in [0.5, 0.6) is 5.75 Å². The first-order valence-electron chi connectivity index (χ1n) is 4.61. The van der Waals surface area contributed by atoms with Crippen LogP contribution in [-0.4, -0.2) is 15.5 Å². The second-order valence-electron chi connectivity index (χ2n) is 3.14. The number of halogens is 1. The molecule has 0 aliphatic rings. The fourth-order valence-electron chi connectivity index (χ4n) is 1.45. The van der Waals surface area contributed by atoms with Crippen LogP contribution in [0.3, 0.4) is 0 Å². The maximum Gasteiger partial charge on any atom is 0.264 e.